The second-order valence-electron chi connectivity index (χ2n) is 2.99. The zero-order chi connectivity index (χ0) is 12.5. The van der Waals surface area contributed by atoms with E-state index in [4.69, 9.17) is 0 Å². The van der Waals surface area contributed by atoms with Gasteiger partial charge in [0.1, 0.15) is 11.3 Å². The van der Waals surface area contributed by atoms with Crippen molar-refractivity contribution in [2.45, 2.75) is 6.18 Å². The zero-order valence-corrected chi connectivity index (χ0v) is 8.46. The minimum atomic E-state index is -4.73. The summed E-state index contributed by atoms with van der Waals surface area (Å²) in [6.45, 7) is 0. The van der Waals surface area contributed by atoms with E-state index in [0.29, 0.717) is 10.6 Å². The van der Waals surface area contributed by atoms with Crippen LogP contribution >= 0.6 is 0 Å². The van der Waals surface area contributed by atoms with Crippen LogP contribution in [0.25, 0.3) is 0 Å². The molecular weight excluding hydrogens is 227 g/mol. The summed E-state index contributed by atoms with van der Waals surface area (Å²) in [5, 5.41) is 0. The van der Waals surface area contributed by atoms with Crippen LogP contribution in [0.5, 0.6) is 0 Å². The fourth-order valence-electron chi connectivity index (χ4n) is 1.16. The summed E-state index contributed by atoms with van der Waals surface area (Å²) in [5.41, 5.74) is -2.83. The number of alkyl halides is 3. The Morgan fingerprint density at radius 3 is 2.38 bits per heavy atom. The Morgan fingerprint density at radius 2 is 1.94 bits per heavy atom. The van der Waals surface area contributed by atoms with Gasteiger partial charge in [0.25, 0.3) is 5.56 Å². The third-order valence-corrected chi connectivity index (χ3v) is 2.00. The van der Waals surface area contributed by atoms with E-state index in [9.17, 15) is 22.8 Å². The normalized spacial score (nSPS) is 11.3. The fourth-order valence-corrected chi connectivity index (χ4v) is 1.16. The molecule has 0 atom stereocenters. The van der Waals surface area contributed by atoms with Crippen molar-refractivity contribution >= 4 is 5.97 Å². The van der Waals surface area contributed by atoms with Crippen molar-refractivity contribution in [3.63, 3.8) is 0 Å². The fraction of sp³-hybridized carbons (Fsp3) is 0.333. The Balaban J connectivity index is 3.41. The largest absolute Gasteiger partial charge is 0.464 e. The minimum absolute atomic E-state index is 0.236. The lowest BCUT2D eigenvalue weighted by Gasteiger charge is -2.10. The van der Waals surface area contributed by atoms with Crippen LogP contribution in [0.15, 0.2) is 16.9 Å². The first kappa shape index (κ1) is 12.3. The van der Waals surface area contributed by atoms with Crippen molar-refractivity contribution in [2.24, 2.45) is 7.05 Å². The number of esters is 1. The molecule has 0 aliphatic rings. The molecule has 0 saturated carbocycles. The van der Waals surface area contributed by atoms with Gasteiger partial charge in [-0.05, 0) is 12.1 Å². The van der Waals surface area contributed by atoms with Gasteiger partial charge in [-0.2, -0.15) is 13.2 Å². The standard InChI is InChI=1S/C9H8F3NO3/c1-13-6(8(15)16-2)4-3-5(7(13)14)9(10,11)12/h3-4H,1-2H3. The molecule has 0 radical (unpaired) electrons. The Morgan fingerprint density at radius 1 is 1.38 bits per heavy atom. The summed E-state index contributed by atoms with van der Waals surface area (Å²) in [7, 11) is 2.15. The molecule has 0 bridgehead atoms. The summed E-state index contributed by atoms with van der Waals surface area (Å²) >= 11 is 0. The van der Waals surface area contributed by atoms with Crippen molar-refractivity contribution in [3.8, 4) is 0 Å². The molecule has 1 aromatic heterocycles. The summed E-state index contributed by atoms with van der Waals surface area (Å²) in [4.78, 5) is 22.4. The molecule has 0 aromatic carbocycles. The van der Waals surface area contributed by atoms with Gasteiger partial charge in [-0.25, -0.2) is 4.79 Å². The third kappa shape index (κ3) is 2.07. The number of halogens is 3. The maximum absolute atomic E-state index is 12.3. The Hall–Kier alpha value is -1.79. The number of hydrogen-bond acceptors (Lipinski definition) is 3. The lowest BCUT2D eigenvalue weighted by atomic mass is 10.2. The zero-order valence-electron chi connectivity index (χ0n) is 8.46. The molecule has 0 fully saturated rings. The summed E-state index contributed by atoms with van der Waals surface area (Å²) in [5.74, 6) is -0.867. The van der Waals surface area contributed by atoms with Gasteiger partial charge in [0.15, 0.2) is 0 Å². The molecule has 0 unspecified atom stereocenters. The molecule has 0 amide bonds. The summed E-state index contributed by atoms with van der Waals surface area (Å²) in [6.07, 6.45) is -4.73. The summed E-state index contributed by atoms with van der Waals surface area (Å²) < 4.78 is 41.9. The van der Waals surface area contributed by atoms with E-state index in [1.54, 1.807) is 0 Å². The number of methoxy groups -OCH3 is 1. The SMILES string of the molecule is COC(=O)c1ccc(C(F)(F)F)c(=O)n1C. The molecule has 16 heavy (non-hydrogen) atoms. The lowest BCUT2D eigenvalue weighted by molar-refractivity contribution is -0.138. The predicted octanol–water partition coefficient (Wildman–Crippen LogP) is 1.19. The predicted molar refractivity (Wildman–Crippen MR) is 48.0 cm³/mol. The van der Waals surface area contributed by atoms with Gasteiger partial charge in [-0.3, -0.25) is 4.79 Å². The van der Waals surface area contributed by atoms with Crippen LogP contribution in [0.2, 0.25) is 0 Å². The van der Waals surface area contributed by atoms with Gasteiger partial charge >= 0.3 is 12.1 Å². The maximum Gasteiger partial charge on any atom is 0.421 e. The van der Waals surface area contributed by atoms with Crippen LogP contribution in [0.1, 0.15) is 16.1 Å². The highest BCUT2D eigenvalue weighted by atomic mass is 19.4. The highest BCUT2D eigenvalue weighted by Crippen LogP contribution is 2.26. The van der Waals surface area contributed by atoms with E-state index < -0.39 is 23.3 Å². The second-order valence-corrected chi connectivity index (χ2v) is 2.99. The van der Waals surface area contributed by atoms with Crippen LogP contribution < -0.4 is 5.56 Å². The number of ether oxygens (including phenoxy) is 1. The highest BCUT2D eigenvalue weighted by Gasteiger charge is 2.34. The van der Waals surface area contributed by atoms with E-state index in [0.717, 1.165) is 20.2 Å². The molecule has 0 N–H and O–H groups in total. The van der Waals surface area contributed by atoms with Crippen molar-refractivity contribution in [2.75, 3.05) is 7.11 Å². The van der Waals surface area contributed by atoms with Crippen LogP contribution in [-0.2, 0) is 18.0 Å². The minimum Gasteiger partial charge on any atom is -0.464 e. The molecule has 0 spiro atoms. The molecule has 1 heterocycles. The average molecular weight is 235 g/mol. The highest BCUT2D eigenvalue weighted by molar-refractivity contribution is 5.87. The van der Waals surface area contributed by atoms with Crippen LogP contribution in [0.3, 0.4) is 0 Å². The van der Waals surface area contributed by atoms with Crippen molar-refractivity contribution < 1.29 is 22.7 Å². The Bertz CT molecular complexity index is 476. The number of aromatic nitrogens is 1. The van der Waals surface area contributed by atoms with Crippen molar-refractivity contribution in [3.05, 3.63) is 33.7 Å². The summed E-state index contributed by atoms with van der Waals surface area (Å²) in [6, 6.07) is 1.46. The van der Waals surface area contributed by atoms with Gasteiger partial charge in [0.05, 0.1) is 7.11 Å². The van der Waals surface area contributed by atoms with Gasteiger partial charge in [0, 0.05) is 7.05 Å². The number of hydrogen-bond donors (Lipinski definition) is 0. The monoisotopic (exact) mass is 235 g/mol. The molecule has 0 aliphatic heterocycles. The van der Waals surface area contributed by atoms with E-state index >= 15 is 0 Å². The Kier molecular flexibility index (Phi) is 3.06. The van der Waals surface area contributed by atoms with Gasteiger partial charge in [-0.1, -0.05) is 0 Å². The van der Waals surface area contributed by atoms with E-state index in [1.165, 1.54) is 0 Å². The molecule has 7 heteroatoms. The van der Waals surface area contributed by atoms with Gasteiger partial charge < -0.3 is 9.30 Å². The number of carbonyl (C=O) groups is 1. The van der Waals surface area contributed by atoms with Gasteiger partial charge in [-0.15, -0.1) is 0 Å². The molecule has 0 aliphatic carbocycles. The first-order valence-electron chi connectivity index (χ1n) is 4.14. The van der Waals surface area contributed by atoms with Gasteiger partial charge in [0.2, 0.25) is 0 Å². The number of pyridine rings is 1. The average Bonchev–Trinajstić information content (AvgIpc) is 2.19. The van der Waals surface area contributed by atoms with E-state index in [-0.39, 0.29) is 5.69 Å². The second kappa shape index (κ2) is 3.99. The molecule has 0 saturated heterocycles. The van der Waals surface area contributed by atoms with Crippen molar-refractivity contribution in [1.82, 2.24) is 4.57 Å². The smallest absolute Gasteiger partial charge is 0.421 e. The number of carbonyl (C=O) groups excluding carboxylic acids is 1. The van der Waals surface area contributed by atoms with Crippen LogP contribution in [0.4, 0.5) is 13.2 Å². The molecule has 1 rings (SSSR count). The van der Waals surface area contributed by atoms with E-state index in [2.05, 4.69) is 4.74 Å². The van der Waals surface area contributed by atoms with Crippen LogP contribution in [-0.4, -0.2) is 17.6 Å². The lowest BCUT2D eigenvalue weighted by Crippen LogP contribution is -2.30. The maximum atomic E-state index is 12.3. The molecule has 88 valence electrons. The molecular formula is C9H8F3NO3. The number of rotatable bonds is 1. The van der Waals surface area contributed by atoms with Crippen molar-refractivity contribution in [1.29, 1.82) is 0 Å². The topological polar surface area (TPSA) is 48.3 Å². The van der Waals surface area contributed by atoms with Crippen LogP contribution in [0, 0.1) is 0 Å². The molecule has 4 nitrogen and oxygen atoms in total. The quantitative estimate of drug-likeness (QED) is 0.687. The molecule has 1 aromatic rings. The first-order chi connectivity index (χ1) is 7.29. The Labute approximate surface area is 88.3 Å². The third-order valence-electron chi connectivity index (χ3n) is 2.00. The van der Waals surface area contributed by atoms with E-state index in [1.807, 2.05) is 0 Å². The first-order valence-corrected chi connectivity index (χ1v) is 4.14. The number of nitrogens with zero attached hydrogens (tertiary/aromatic N) is 1.